The topological polar surface area (TPSA) is 67.8 Å². The number of hydrogen-bond acceptors (Lipinski definition) is 4. The Labute approximate surface area is 172 Å². The van der Waals surface area contributed by atoms with E-state index in [0.717, 1.165) is 62.1 Å². The molecule has 6 rings (SSSR count). The van der Waals surface area contributed by atoms with E-state index < -0.39 is 0 Å². The molecule has 0 unspecified atom stereocenters. The molecule has 0 atom stereocenters. The second-order valence-corrected chi connectivity index (χ2v) is 7.73. The minimum atomic E-state index is 0.646. The fourth-order valence-electron chi connectivity index (χ4n) is 4.05. The molecule has 0 radical (unpaired) electrons. The van der Waals surface area contributed by atoms with Crippen LogP contribution in [0.5, 0.6) is 0 Å². The lowest BCUT2D eigenvalue weighted by Gasteiger charge is -2.01. The fraction of sp³-hybridized carbons (Fsp3) is 0.120. The molecule has 0 aliphatic heterocycles. The van der Waals surface area contributed by atoms with E-state index in [1.807, 2.05) is 24.3 Å². The number of oxazole rings is 1. The zero-order valence-electron chi connectivity index (χ0n) is 16.5. The molecule has 3 heterocycles. The first kappa shape index (κ1) is 17.0. The Balaban J connectivity index is 1.28. The Morgan fingerprint density at radius 2 is 1.70 bits per heavy atom. The summed E-state index contributed by atoms with van der Waals surface area (Å²) in [5.41, 5.74) is 8.16. The third-order valence-electron chi connectivity index (χ3n) is 5.60. The van der Waals surface area contributed by atoms with Gasteiger partial charge < -0.3 is 8.83 Å². The van der Waals surface area contributed by atoms with Crippen molar-refractivity contribution in [3.8, 4) is 0 Å². The molecule has 6 aromatic rings. The Hall–Kier alpha value is -3.86. The van der Waals surface area contributed by atoms with Crippen LogP contribution in [0.1, 0.15) is 28.3 Å². The standard InChI is InChI=1S/C25H19N3O2/c1-15-14-29-24-12-16(6-8-18(15)24)10-21-19-9-7-17(11-22(19)28-27-21)13-25-26-20-4-2-3-5-23(20)30-25/h2-9,11-12,14H,10,13H2,1H3,(H,27,28). The van der Waals surface area contributed by atoms with Crippen molar-refractivity contribution >= 4 is 33.0 Å². The van der Waals surface area contributed by atoms with Gasteiger partial charge in [0, 0.05) is 23.6 Å². The third kappa shape index (κ3) is 2.87. The molecule has 0 aliphatic rings. The molecule has 3 aromatic carbocycles. The van der Waals surface area contributed by atoms with Crippen LogP contribution in [0.2, 0.25) is 0 Å². The summed E-state index contributed by atoms with van der Waals surface area (Å²) in [6.45, 7) is 2.06. The van der Waals surface area contributed by atoms with E-state index in [1.54, 1.807) is 6.26 Å². The van der Waals surface area contributed by atoms with Gasteiger partial charge >= 0.3 is 0 Å². The number of hydrogen-bond donors (Lipinski definition) is 1. The second-order valence-electron chi connectivity index (χ2n) is 7.73. The third-order valence-corrected chi connectivity index (χ3v) is 5.60. The Kier molecular flexibility index (Phi) is 3.74. The summed E-state index contributed by atoms with van der Waals surface area (Å²) >= 11 is 0. The van der Waals surface area contributed by atoms with Crippen LogP contribution in [-0.4, -0.2) is 15.2 Å². The summed E-state index contributed by atoms with van der Waals surface area (Å²) in [5, 5.41) is 10.0. The van der Waals surface area contributed by atoms with Gasteiger partial charge in [0.25, 0.3) is 0 Å². The number of benzene rings is 3. The van der Waals surface area contributed by atoms with Crippen LogP contribution in [0, 0.1) is 6.92 Å². The number of H-pyrrole nitrogens is 1. The summed E-state index contributed by atoms with van der Waals surface area (Å²) in [4.78, 5) is 4.57. The highest BCUT2D eigenvalue weighted by Crippen LogP contribution is 2.26. The molecule has 146 valence electrons. The van der Waals surface area contributed by atoms with Crippen LogP contribution in [0.15, 0.2) is 75.8 Å². The van der Waals surface area contributed by atoms with E-state index in [1.165, 1.54) is 5.56 Å². The molecule has 1 N–H and O–H groups in total. The van der Waals surface area contributed by atoms with E-state index >= 15 is 0 Å². The van der Waals surface area contributed by atoms with E-state index in [4.69, 9.17) is 8.83 Å². The summed E-state index contributed by atoms with van der Waals surface area (Å²) in [5.74, 6) is 0.720. The van der Waals surface area contributed by atoms with Crippen LogP contribution in [0.3, 0.4) is 0 Å². The first-order valence-electron chi connectivity index (χ1n) is 10.00. The summed E-state index contributed by atoms with van der Waals surface area (Å²) in [7, 11) is 0. The quantitative estimate of drug-likeness (QED) is 0.402. The molecular formula is C25H19N3O2. The van der Waals surface area contributed by atoms with Crippen molar-refractivity contribution in [1.29, 1.82) is 0 Å². The molecule has 30 heavy (non-hydrogen) atoms. The smallest absolute Gasteiger partial charge is 0.199 e. The van der Waals surface area contributed by atoms with Gasteiger partial charge in [-0.1, -0.05) is 36.4 Å². The molecule has 0 bridgehead atoms. The average Bonchev–Trinajstić information content (AvgIpc) is 3.45. The van der Waals surface area contributed by atoms with Crippen molar-refractivity contribution in [1.82, 2.24) is 15.2 Å². The molecule has 0 saturated carbocycles. The number of furan rings is 1. The number of para-hydroxylation sites is 2. The predicted molar refractivity (Wildman–Crippen MR) is 117 cm³/mol. The maximum absolute atomic E-state index is 5.86. The van der Waals surface area contributed by atoms with Crippen molar-refractivity contribution in [2.45, 2.75) is 19.8 Å². The normalized spacial score (nSPS) is 11.8. The van der Waals surface area contributed by atoms with Gasteiger partial charge in [0.05, 0.1) is 17.5 Å². The Bertz CT molecular complexity index is 1490. The second kappa shape index (κ2) is 6.59. The van der Waals surface area contributed by atoms with Crippen LogP contribution < -0.4 is 0 Å². The maximum atomic E-state index is 5.86. The molecule has 5 heteroatoms. The molecule has 3 aromatic heterocycles. The monoisotopic (exact) mass is 393 g/mol. The average molecular weight is 393 g/mol. The van der Waals surface area contributed by atoms with E-state index in [9.17, 15) is 0 Å². The molecule has 0 spiro atoms. The highest BCUT2D eigenvalue weighted by atomic mass is 16.3. The van der Waals surface area contributed by atoms with E-state index in [0.29, 0.717) is 6.42 Å². The summed E-state index contributed by atoms with van der Waals surface area (Å²) < 4.78 is 11.5. The zero-order chi connectivity index (χ0) is 20.1. The Morgan fingerprint density at radius 3 is 2.60 bits per heavy atom. The van der Waals surface area contributed by atoms with Crippen molar-refractivity contribution in [2.24, 2.45) is 0 Å². The number of nitrogens with zero attached hydrogens (tertiary/aromatic N) is 2. The van der Waals surface area contributed by atoms with Gasteiger partial charge in [-0.3, -0.25) is 5.10 Å². The number of nitrogens with one attached hydrogen (secondary N) is 1. The number of aryl methyl sites for hydroxylation is 1. The first-order valence-corrected chi connectivity index (χ1v) is 10.00. The van der Waals surface area contributed by atoms with Gasteiger partial charge in [0.2, 0.25) is 0 Å². The fourth-order valence-corrected chi connectivity index (χ4v) is 4.05. The highest BCUT2D eigenvalue weighted by Gasteiger charge is 2.11. The molecule has 0 amide bonds. The summed E-state index contributed by atoms with van der Waals surface area (Å²) in [6.07, 6.45) is 3.20. The molecule has 5 nitrogen and oxygen atoms in total. The van der Waals surface area contributed by atoms with Crippen molar-refractivity contribution in [3.05, 3.63) is 95.2 Å². The SMILES string of the molecule is Cc1coc2cc(Cc3n[nH]c4cc(Cc5nc6ccccc6o5)ccc34)ccc12. The van der Waals surface area contributed by atoms with Crippen molar-refractivity contribution < 1.29 is 8.83 Å². The van der Waals surface area contributed by atoms with E-state index in [-0.39, 0.29) is 0 Å². The number of aromatic nitrogens is 3. The van der Waals surface area contributed by atoms with Crippen LogP contribution >= 0.6 is 0 Å². The van der Waals surface area contributed by atoms with Gasteiger partial charge in [0.15, 0.2) is 11.5 Å². The van der Waals surface area contributed by atoms with Gasteiger partial charge in [-0.15, -0.1) is 0 Å². The minimum absolute atomic E-state index is 0.646. The lowest BCUT2D eigenvalue weighted by molar-refractivity contribution is 0.544. The summed E-state index contributed by atoms with van der Waals surface area (Å²) in [6, 6.07) is 20.6. The molecule has 0 saturated heterocycles. The largest absolute Gasteiger partial charge is 0.464 e. The first-order chi connectivity index (χ1) is 14.7. The van der Waals surface area contributed by atoms with Crippen LogP contribution in [0.25, 0.3) is 33.0 Å². The number of rotatable bonds is 4. The number of aromatic amines is 1. The van der Waals surface area contributed by atoms with Gasteiger partial charge in [-0.25, -0.2) is 4.98 Å². The highest BCUT2D eigenvalue weighted by molar-refractivity contribution is 5.84. The van der Waals surface area contributed by atoms with E-state index in [2.05, 4.69) is 58.5 Å². The predicted octanol–water partition coefficient (Wildman–Crippen LogP) is 5.94. The van der Waals surface area contributed by atoms with Crippen LogP contribution in [-0.2, 0) is 12.8 Å². The zero-order valence-corrected chi connectivity index (χ0v) is 16.5. The molecule has 0 fully saturated rings. The Morgan fingerprint density at radius 1 is 0.867 bits per heavy atom. The lowest BCUT2D eigenvalue weighted by atomic mass is 10.0. The van der Waals surface area contributed by atoms with Crippen molar-refractivity contribution in [2.75, 3.05) is 0 Å². The lowest BCUT2D eigenvalue weighted by Crippen LogP contribution is -1.90. The molecular weight excluding hydrogens is 374 g/mol. The van der Waals surface area contributed by atoms with Crippen molar-refractivity contribution in [3.63, 3.8) is 0 Å². The van der Waals surface area contributed by atoms with Gasteiger partial charge in [-0.2, -0.15) is 5.10 Å². The maximum Gasteiger partial charge on any atom is 0.199 e. The number of fused-ring (bicyclic) bond motifs is 3. The van der Waals surface area contributed by atoms with Gasteiger partial charge in [-0.05, 0) is 47.9 Å². The van der Waals surface area contributed by atoms with Crippen LogP contribution in [0.4, 0.5) is 0 Å². The minimum Gasteiger partial charge on any atom is -0.464 e. The van der Waals surface area contributed by atoms with Gasteiger partial charge in [0.1, 0.15) is 11.1 Å². The molecule has 0 aliphatic carbocycles.